The Bertz CT molecular complexity index is 2620. The van der Waals surface area contributed by atoms with E-state index in [1.54, 1.807) is 14.1 Å². The number of carboxylic acids is 2. The van der Waals surface area contributed by atoms with Crippen LogP contribution in [0.1, 0.15) is 158 Å². The van der Waals surface area contributed by atoms with Crippen LogP contribution >= 0.6 is 12.3 Å². The third-order valence-electron chi connectivity index (χ3n) is 23.7. The van der Waals surface area contributed by atoms with Gasteiger partial charge in [0.25, 0.3) is 19.4 Å². The van der Waals surface area contributed by atoms with Crippen LogP contribution in [-0.4, -0.2) is 144 Å². The summed E-state index contributed by atoms with van der Waals surface area (Å²) in [5.41, 5.74) is 4.09. The van der Waals surface area contributed by atoms with Crippen molar-refractivity contribution in [1.82, 2.24) is 15.1 Å². The number of halogens is 1. The van der Waals surface area contributed by atoms with Crippen molar-refractivity contribution < 1.29 is 191 Å². The average molecular weight is 1320 g/mol. The number of esters is 3. The van der Waals surface area contributed by atoms with Crippen LogP contribution < -0.4 is 113 Å². The topological polar surface area (TPSA) is 274 Å². The summed E-state index contributed by atoms with van der Waals surface area (Å²) in [5.74, 6) is -0.192. The van der Waals surface area contributed by atoms with Gasteiger partial charge in [-0.1, -0.05) is 6.58 Å². The third-order valence-corrected chi connectivity index (χ3v) is 23.7. The number of carboxylic acid groups (broad SMARTS) is 2. The van der Waals surface area contributed by atoms with E-state index in [0.717, 1.165) is 55.1 Å². The smallest absolute Gasteiger partial charge is 1.00 e. The zero-order valence-corrected chi connectivity index (χ0v) is 60.8. The molecule has 23 heteroatoms. The van der Waals surface area contributed by atoms with E-state index in [2.05, 4.69) is 33.3 Å². The van der Waals surface area contributed by atoms with Crippen molar-refractivity contribution in [2.75, 3.05) is 55.4 Å². The summed E-state index contributed by atoms with van der Waals surface area (Å²) in [5, 5.41) is 25.4. The minimum Gasteiger partial charge on any atom is -1.00 e. The molecule has 3 heterocycles. The van der Waals surface area contributed by atoms with E-state index in [1.165, 1.54) is 140 Å². The number of rotatable bonds is 11. The summed E-state index contributed by atoms with van der Waals surface area (Å²) in [6.07, 6.45) is 35.0. The fourth-order valence-corrected chi connectivity index (χ4v) is 19.1. The number of fused-ring (bicyclic) bond motifs is 15. The van der Waals surface area contributed by atoms with Gasteiger partial charge in [-0.15, -0.1) is 12.3 Å². The van der Waals surface area contributed by atoms with E-state index in [0.29, 0.717) is 81.4 Å². The van der Waals surface area contributed by atoms with Gasteiger partial charge < -0.3 is 60.6 Å². The molecular formula is C66H98ClK2N3O17. The second-order valence-electron chi connectivity index (χ2n) is 28.7. The summed E-state index contributed by atoms with van der Waals surface area (Å²) >= 11 is 3.89. The van der Waals surface area contributed by atoms with Crippen molar-refractivity contribution >= 4 is 61.6 Å². The van der Waals surface area contributed by atoms with Gasteiger partial charge in [-0.05, 0) is 247 Å². The first-order valence-electron chi connectivity index (χ1n) is 33.4. The van der Waals surface area contributed by atoms with E-state index >= 15 is 0 Å². The molecule has 0 amide bonds. The molecule has 3 aliphatic heterocycles. The predicted octanol–water partition coefficient (Wildman–Crippen LogP) is 1.97. The normalized spacial score (nSPS) is 37.5. The first-order valence-corrected chi connectivity index (χ1v) is 31.6. The van der Waals surface area contributed by atoms with Gasteiger partial charge in [-0.25, -0.2) is 14.4 Å². The fourth-order valence-electron chi connectivity index (χ4n) is 19.1. The van der Waals surface area contributed by atoms with Gasteiger partial charge in [0.05, 0.1) is 23.9 Å². The van der Waals surface area contributed by atoms with E-state index in [-0.39, 0.29) is 172 Å². The van der Waals surface area contributed by atoms with E-state index < -0.39 is 23.7 Å². The monoisotopic (exact) mass is 1320 g/mol. The Morgan fingerprint density at radius 3 is 1.18 bits per heavy atom. The number of carbonyl (C=O) groups is 8. The van der Waals surface area contributed by atoms with E-state index in [9.17, 15) is 33.6 Å². The molecule has 15 fully saturated rings. The van der Waals surface area contributed by atoms with Gasteiger partial charge >= 0.3 is 133 Å². The molecule has 20 nitrogen and oxygen atoms in total. The molecule has 0 unspecified atom stereocenters. The molecule has 3 N–H and O–H groups in total. The van der Waals surface area contributed by atoms with E-state index in [1.807, 2.05) is 38.0 Å². The maximum Gasteiger partial charge on any atom is 1.00 e. The van der Waals surface area contributed by atoms with Gasteiger partial charge in [0, 0.05) is 56.9 Å². The maximum atomic E-state index is 12.7. The standard InChI is InChI=1S/2C19H29NO2.C17H22O2.2C4H4O4.C2H7N.CH2O3.ClH.2K.H/c2*1-20(2)11-13-12-3-5-18(7-8-18)14-4-6-19(9-10-19)15(14)16(12)22-17(13)21;1-10-11-2-4-16(6-7-16)12-3-5-17(8-9-17)13(12)14(11)19-15(10)18;2*5-3-8-2-1-4(6)7;1-3-2;2-1-4-3;;;;/h2*12-16H,3-11H2,1-2H3;11-14H,1-9H2;2*1-3H,(H,6,7);3H,1-2H3;1,3H;1H;;;/q;;;;;;;;2*+1;-1/p-1/b;;;2*2-1+;;;;;;/t2*12-,13-,14+,15-,16-;11-,12+,13-,14-;;;;;;;;/m000......../s1/i2*13D;;;;;;;;;/hD2. The van der Waals surface area contributed by atoms with Crippen LogP contribution in [0.3, 0.4) is 0 Å². The molecule has 15 rings (SSSR count). The first-order chi connectivity index (χ1) is 43.1. The predicted molar refractivity (Wildman–Crippen MR) is 318 cm³/mol. The van der Waals surface area contributed by atoms with Crippen molar-refractivity contribution in [3.63, 3.8) is 0 Å². The minimum atomic E-state index is -1.15. The largest absolute Gasteiger partial charge is 1.00 e. The first kappa shape index (κ1) is 70.2. The molecule has 89 heavy (non-hydrogen) atoms. The molecule has 0 radical (unpaired) electrons. The van der Waals surface area contributed by atoms with Crippen molar-refractivity contribution in [1.29, 1.82) is 1.17 Å². The van der Waals surface area contributed by atoms with Crippen LogP contribution in [-0.2, 0) is 66.9 Å². The van der Waals surface area contributed by atoms with Crippen molar-refractivity contribution in [2.45, 2.75) is 172 Å². The molecule has 12 aliphatic carbocycles. The van der Waals surface area contributed by atoms with Crippen molar-refractivity contribution in [3.8, 4) is 0 Å². The minimum absolute atomic E-state index is 0. The average Bonchev–Trinajstić information content (AvgIpc) is 1.54. The van der Waals surface area contributed by atoms with Crippen LogP contribution in [0.5, 0.6) is 0 Å². The Balaban J connectivity index is 0.000000214. The molecule has 6 spiro atoms. The Hall–Kier alpha value is -1.62. The number of ether oxygens (including phenoxy) is 5. The number of nitrogens with one attached hydrogen (secondary N) is 1. The summed E-state index contributed by atoms with van der Waals surface area (Å²) in [4.78, 5) is 90.3. The van der Waals surface area contributed by atoms with Crippen LogP contribution in [0, 0.1) is 97.5 Å². The number of carbonyl (C=O) groups excluding carboxylic acids is 6. The zero-order valence-electron chi connectivity index (χ0n) is 58.8. The number of hydrogen-bond acceptors (Lipinski definition) is 18. The molecule has 0 bridgehead atoms. The SMILES string of the molecule is C=C1C(=O)O[C@@H]2[C@@H]3[C@@H](CCC34CC4)C3(CC[C@@H]12)CC3.O=CO/C=C/C(=O)O.O=CO/C=C/C(=O)O.O=CO[O-].[2H]Cl.[2H]N(C)C.[2H][C@@]1(CN(C)C)C(=O)O[C@@H]2[C@@H]3[C@@H](CCC34CC4)C3(CC[C@H]21)CC3.[2H][C@@]1(CN(C)C)C(=O)O[C@@H]2[C@@H]3[C@@H](CCC34CC4)C3(CC[C@H]21)CC3.[H-].[K+].[K+]. The summed E-state index contributed by atoms with van der Waals surface area (Å²) < 4.78 is 55.3. The fraction of sp³-hybridized carbons (Fsp3) is 0.788. The molecular weight excluding hydrogens is 1220 g/mol. The Labute approximate surface area is 624 Å². The van der Waals surface area contributed by atoms with Crippen LogP contribution in [0.2, 0.25) is 1.41 Å². The summed E-state index contributed by atoms with van der Waals surface area (Å²) in [6.45, 7) is 5.14. The molecule has 0 aromatic rings. The van der Waals surface area contributed by atoms with Crippen LogP contribution in [0.4, 0.5) is 0 Å². The Kier molecular flexibility index (Phi) is 25.2. The second kappa shape index (κ2) is 32.0. The maximum absolute atomic E-state index is 12.7. The molecule has 0 aromatic carbocycles. The second-order valence-corrected chi connectivity index (χ2v) is 28.7. The third kappa shape index (κ3) is 16.8. The number of hydrogen-bond donors (Lipinski definition) is 3. The molecule has 14 atom stereocenters. The quantitative estimate of drug-likeness (QED) is 0.0390. The Morgan fingerprint density at radius 2 is 0.899 bits per heavy atom. The van der Waals surface area contributed by atoms with E-state index in [4.69, 9.17) is 39.8 Å². The van der Waals surface area contributed by atoms with Crippen molar-refractivity contribution in [2.24, 2.45) is 97.5 Å². The van der Waals surface area contributed by atoms with Crippen LogP contribution in [0.15, 0.2) is 36.8 Å². The molecule has 488 valence electrons. The molecule has 12 saturated carbocycles. The van der Waals surface area contributed by atoms with Gasteiger partial charge in [0.2, 0.25) is 0 Å². The van der Waals surface area contributed by atoms with Gasteiger partial charge in [0.15, 0.2) is 0 Å². The summed E-state index contributed by atoms with van der Waals surface area (Å²) in [6, 6.07) is 0. The van der Waals surface area contributed by atoms with Gasteiger partial charge in [0.1, 0.15) is 33.4 Å². The van der Waals surface area contributed by atoms with Crippen LogP contribution in [0.25, 0.3) is 0 Å². The summed E-state index contributed by atoms with van der Waals surface area (Å²) in [7, 11) is 11.2. The zero-order chi connectivity index (χ0) is 66.7. The van der Waals surface area contributed by atoms with Crippen molar-refractivity contribution in [3.05, 3.63) is 36.8 Å². The Morgan fingerprint density at radius 1 is 0.596 bits per heavy atom. The molecule has 0 aromatic heterocycles. The molecule has 3 saturated heterocycles. The molecule has 15 aliphatic rings. The van der Waals surface area contributed by atoms with Gasteiger partial charge in [-0.2, -0.15) is 0 Å². The van der Waals surface area contributed by atoms with Gasteiger partial charge in [-0.3, -0.25) is 24.0 Å². The number of nitrogens with zero attached hydrogens (tertiary/aromatic N) is 2. The number of aliphatic carboxylic acids is 2.